The fraction of sp³-hybridized carbons (Fsp3) is 0.500. The third kappa shape index (κ3) is 23.5. The Bertz CT molecular complexity index is 173. The molecule has 0 aromatic heterocycles. The van der Waals surface area contributed by atoms with Gasteiger partial charge in [0.15, 0.2) is 0 Å². The molecule has 0 amide bonds. The molecule has 0 aromatic carbocycles. The molecule has 12 heavy (non-hydrogen) atoms. The van der Waals surface area contributed by atoms with Gasteiger partial charge in [0.1, 0.15) is 0 Å². The first-order valence-electron chi connectivity index (χ1n) is 3.01. The van der Waals surface area contributed by atoms with Gasteiger partial charge in [-0.2, -0.15) is 0 Å². The molecule has 0 saturated carbocycles. The van der Waals surface area contributed by atoms with Crippen molar-refractivity contribution in [3.63, 3.8) is 0 Å². The summed E-state index contributed by atoms with van der Waals surface area (Å²) >= 11 is 0. The number of hydrogen-bond acceptors (Lipinski definition) is 5. The van der Waals surface area contributed by atoms with Gasteiger partial charge in [0.2, 0.25) is 0 Å². The second kappa shape index (κ2) is 7.67. The molecule has 0 unspecified atom stereocenters. The number of aliphatic carboxylic acids is 1. The fourth-order valence-corrected chi connectivity index (χ4v) is 0.202. The highest BCUT2D eigenvalue weighted by Crippen LogP contribution is 1.74. The zero-order valence-corrected chi connectivity index (χ0v) is 6.86. The Morgan fingerprint density at radius 1 is 1.33 bits per heavy atom. The van der Waals surface area contributed by atoms with Gasteiger partial charge in [0, 0.05) is 13.8 Å². The number of nitrogens with two attached hydrogens (primary N) is 1. The molecule has 0 aromatic rings. The Morgan fingerprint density at radius 3 is 1.75 bits per heavy atom. The lowest BCUT2D eigenvalue weighted by molar-refractivity contribution is -0.157. The van der Waals surface area contributed by atoms with Crippen molar-refractivity contribution in [1.82, 2.24) is 0 Å². The fourth-order valence-electron chi connectivity index (χ4n) is 0.202. The molecule has 0 heterocycles. The number of rotatable bonds is 1. The summed E-state index contributed by atoms with van der Waals surface area (Å²) in [7, 11) is 0. The van der Waals surface area contributed by atoms with Gasteiger partial charge in [-0.25, -0.2) is 0 Å². The molecule has 3 N–H and O–H groups in total. The van der Waals surface area contributed by atoms with E-state index in [4.69, 9.17) is 15.6 Å². The van der Waals surface area contributed by atoms with Gasteiger partial charge in [-0.05, 0) is 0 Å². The quantitative estimate of drug-likeness (QED) is 0.398. The van der Waals surface area contributed by atoms with Crippen molar-refractivity contribution in [2.45, 2.75) is 13.8 Å². The molecule has 6 heteroatoms. The third-order valence-electron chi connectivity index (χ3n) is 0.424. The van der Waals surface area contributed by atoms with Crippen molar-refractivity contribution in [3.8, 4) is 0 Å². The second-order valence-electron chi connectivity index (χ2n) is 1.69. The predicted octanol–water partition coefficient (Wildman–Crippen LogP) is -0.874. The molecule has 0 fully saturated rings. The van der Waals surface area contributed by atoms with Crippen LogP contribution in [-0.2, 0) is 19.1 Å². The van der Waals surface area contributed by atoms with Crippen LogP contribution in [0, 0.1) is 0 Å². The van der Waals surface area contributed by atoms with E-state index in [9.17, 15) is 9.59 Å². The van der Waals surface area contributed by atoms with E-state index in [0.29, 0.717) is 0 Å². The molecule has 6 nitrogen and oxygen atoms in total. The largest absolute Gasteiger partial charge is 0.481 e. The van der Waals surface area contributed by atoms with Gasteiger partial charge < -0.3 is 15.6 Å². The Kier molecular flexibility index (Phi) is 8.43. The summed E-state index contributed by atoms with van der Waals surface area (Å²) in [5, 5.41) is 7.42. The SMILES string of the molecule is CC(=O)O.CC(=O)OC(=O)CN. The summed E-state index contributed by atoms with van der Waals surface area (Å²) in [5.74, 6) is -2.15. The lowest BCUT2D eigenvalue weighted by Gasteiger charge is -1.92. The van der Waals surface area contributed by atoms with Crippen LogP contribution in [-0.4, -0.2) is 29.6 Å². The molecule has 0 atom stereocenters. The zero-order valence-electron chi connectivity index (χ0n) is 6.86. The minimum Gasteiger partial charge on any atom is -0.481 e. The van der Waals surface area contributed by atoms with Crippen LogP contribution in [0.4, 0.5) is 0 Å². The van der Waals surface area contributed by atoms with E-state index >= 15 is 0 Å². The normalized spacial score (nSPS) is 7.58. The summed E-state index contributed by atoms with van der Waals surface area (Å²) in [6, 6.07) is 0. The van der Waals surface area contributed by atoms with Crippen molar-refractivity contribution in [1.29, 1.82) is 0 Å². The molecule has 0 aliphatic rings. The molecule has 0 aliphatic heterocycles. The highest BCUT2D eigenvalue weighted by molar-refractivity contribution is 5.84. The standard InChI is InChI=1S/C4H7NO3.C2H4O2/c1-3(6)8-4(7)2-5;1-2(3)4/h2,5H2,1H3;1H3,(H,3,4). The molecular weight excluding hydrogens is 166 g/mol. The van der Waals surface area contributed by atoms with E-state index in [0.717, 1.165) is 13.8 Å². The summed E-state index contributed by atoms with van der Waals surface area (Å²) in [4.78, 5) is 29.0. The summed E-state index contributed by atoms with van der Waals surface area (Å²) in [6.07, 6.45) is 0. The van der Waals surface area contributed by atoms with E-state index in [2.05, 4.69) is 4.74 Å². The molecule has 0 aliphatic carbocycles. The van der Waals surface area contributed by atoms with Crippen molar-refractivity contribution in [2.24, 2.45) is 5.73 Å². The lowest BCUT2D eigenvalue weighted by Crippen LogP contribution is -2.18. The lowest BCUT2D eigenvalue weighted by atomic mass is 10.7. The van der Waals surface area contributed by atoms with Crippen molar-refractivity contribution in [3.05, 3.63) is 0 Å². The first-order chi connectivity index (χ1) is 5.40. The number of esters is 2. The minimum atomic E-state index is -0.833. The van der Waals surface area contributed by atoms with Crippen LogP contribution >= 0.6 is 0 Å². The van der Waals surface area contributed by atoms with E-state index in [1.807, 2.05) is 0 Å². The van der Waals surface area contributed by atoms with Crippen LogP contribution < -0.4 is 5.73 Å². The van der Waals surface area contributed by atoms with Crippen molar-refractivity contribution >= 4 is 17.9 Å². The summed E-state index contributed by atoms with van der Waals surface area (Å²) in [6.45, 7) is 1.98. The molecular formula is C6H11NO5. The Hall–Kier alpha value is -1.43. The smallest absolute Gasteiger partial charge is 0.327 e. The number of hydrogen-bond donors (Lipinski definition) is 2. The topological polar surface area (TPSA) is 107 Å². The van der Waals surface area contributed by atoms with Gasteiger partial charge in [0.05, 0.1) is 6.54 Å². The summed E-state index contributed by atoms with van der Waals surface area (Å²) < 4.78 is 4.00. The highest BCUT2D eigenvalue weighted by Gasteiger charge is 1.99. The van der Waals surface area contributed by atoms with Crippen molar-refractivity contribution in [2.75, 3.05) is 6.54 Å². The average molecular weight is 177 g/mol. The van der Waals surface area contributed by atoms with Crippen LogP contribution in [0.15, 0.2) is 0 Å². The maximum atomic E-state index is 10.1. The van der Waals surface area contributed by atoms with Crippen LogP contribution in [0.3, 0.4) is 0 Å². The minimum absolute atomic E-state index is 0.250. The maximum Gasteiger partial charge on any atom is 0.327 e. The molecule has 0 bridgehead atoms. The Balaban J connectivity index is 0. The van der Waals surface area contributed by atoms with Gasteiger partial charge in [-0.1, -0.05) is 0 Å². The van der Waals surface area contributed by atoms with Crippen LogP contribution in [0.2, 0.25) is 0 Å². The van der Waals surface area contributed by atoms with E-state index < -0.39 is 17.9 Å². The van der Waals surface area contributed by atoms with Crippen LogP contribution in [0.1, 0.15) is 13.8 Å². The van der Waals surface area contributed by atoms with Crippen LogP contribution in [0.5, 0.6) is 0 Å². The number of carboxylic acids is 1. The van der Waals surface area contributed by atoms with E-state index in [1.54, 1.807) is 0 Å². The number of ether oxygens (including phenoxy) is 1. The van der Waals surface area contributed by atoms with Gasteiger partial charge >= 0.3 is 11.9 Å². The highest BCUT2D eigenvalue weighted by atomic mass is 16.6. The van der Waals surface area contributed by atoms with Gasteiger partial charge in [-0.3, -0.25) is 14.4 Å². The van der Waals surface area contributed by atoms with Crippen molar-refractivity contribution < 1.29 is 24.2 Å². The monoisotopic (exact) mass is 177 g/mol. The third-order valence-corrected chi connectivity index (χ3v) is 0.424. The first-order valence-corrected chi connectivity index (χ1v) is 3.01. The summed E-state index contributed by atoms with van der Waals surface area (Å²) in [5.41, 5.74) is 4.79. The number of carboxylic acid groups (broad SMARTS) is 1. The predicted molar refractivity (Wildman–Crippen MR) is 39.1 cm³/mol. The maximum absolute atomic E-state index is 10.1. The van der Waals surface area contributed by atoms with Gasteiger partial charge in [0.25, 0.3) is 5.97 Å². The number of carbonyl (C=O) groups excluding carboxylic acids is 2. The molecule has 0 spiro atoms. The Labute approximate surface area is 69.3 Å². The van der Waals surface area contributed by atoms with Gasteiger partial charge in [-0.15, -0.1) is 0 Å². The second-order valence-corrected chi connectivity index (χ2v) is 1.69. The van der Waals surface area contributed by atoms with Crippen LogP contribution in [0.25, 0.3) is 0 Å². The molecule has 0 rings (SSSR count). The molecule has 70 valence electrons. The number of carbonyl (C=O) groups is 3. The first kappa shape index (κ1) is 13.2. The van der Waals surface area contributed by atoms with E-state index in [-0.39, 0.29) is 6.54 Å². The molecule has 0 saturated heterocycles. The zero-order chi connectivity index (χ0) is 10.1. The average Bonchev–Trinajstić information content (AvgIpc) is 1.84. The molecule has 0 radical (unpaired) electrons. The van der Waals surface area contributed by atoms with E-state index in [1.165, 1.54) is 0 Å². The Morgan fingerprint density at radius 2 is 1.67 bits per heavy atom.